The van der Waals surface area contributed by atoms with Crippen molar-refractivity contribution in [3.63, 3.8) is 0 Å². The van der Waals surface area contributed by atoms with Gasteiger partial charge in [0.25, 0.3) is 0 Å². The highest BCUT2D eigenvalue weighted by Crippen LogP contribution is 2.26. The van der Waals surface area contributed by atoms with Crippen LogP contribution in [0.1, 0.15) is 68.6 Å². The number of unbranched alkanes of at least 4 members (excludes halogenated alkanes) is 7. The predicted molar refractivity (Wildman–Crippen MR) is 106 cm³/mol. The lowest BCUT2D eigenvalue weighted by Gasteiger charge is -2.37. The van der Waals surface area contributed by atoms with Gasteiger partial charge in [-0.25, -0.2) is 4.79 Å². The molecule has 1 aromatic carbocycles. The topological polar surface area (TPSA) is 65.0 Å². The van der Waals surface area contributed by atoms with Gasteiger partial charge in [-0.05, 0) is 37.1 Å². The number of hydrogen-bond donors (Lipinski definition) is 1. The third-order valence-electron chi connectivity index (χ3n) is 4.90. The summed E-state index contributed by atoms with van der Waals surface area (Å²) in [5, 5.41) is 8.85. The third kappa shape index (κ3) is 8.76. The minimum Gasteiger partial charge on any atom is -0.494 e. The minimum atomic E-state index is -0.910. The van der Waals surface area contributed by atoms with Crippen LogP contribution in [0.4, 0.5) is 0 Å². The molecule has 1 aliphatic heterocycles. The number of hydrogen-bond acceptors (Lipinski definition) is 4. The van der Waals surface area contributed by atoms with E-state index in [1.54, 1.807) is 24.3 Å². The molecule has 0 radical (unpaired) electrons. The molecule has 0 atom stereocenters. The van der Waals surface area contributed by atoms with E-state index in [9.17, 15) is 4.79 Å². The Balaban J connectivity index is 1.33. The van der Waals surface area contributed by atoms with E-state index >= 15 is 0 Å². The Morgan fingerprint density at radius 1 is 0.963 bits per heavy atom. The Bertz CT molecular complexity index is 536. The van der Waals surface area contributed by atoms with E-state index in [0.717, 1.165) is 45.0 Å². The molecule has 1 saturated heterocycles. The van der Waals surface area contributed by atoms with Crippen molar-refractivity contribution < 1.29 is 24.1 Å². The summed E-state index contributed by atoms with van der Waals surface area (Å²) in [5.41, 5.74) is 0.558. The van der Waals surface area contributed by atoms with Gasteiger partial charge < -0.3 is 19.3 Å². The zero-order valence-electron chi connectivity index (χ0n) is 16.6. The average Bonchev–Trinajstić information content (AvgIpc) is 2.64. The quantitative estimate of drug-likeness (QED) is 0.438. The fraction of sp³-hybridized carbons (Fsp3) is 0.682. The van der Waals surface area contributed by atoms with Crippen LogP contribution in [0.5, 0.6) is 5.75 Å². The molecule has 1 N–H and O–H groups in total. The number of ether oxygens (including phenoxy) is 3. The van der Waals surface area contributed by atoms with Crippen molar-refractivity contribution >= 4 is 5.97 Å². The normalized spacial score (nSPS) is 15.3. The molecular formula is C22H34O5. The maximum absolute atomic E-state index is 10.8. The van der Waals surface area contributed by atoms with E-state index in [2.05, 4.69) is 6.92 Å². The lowest BCUT2D eigenvalue weighted by atomic mass is 9.90. The van der Waals surface area contributed by atoms with E-state index < -0.39 is 5.97 Å². The average molecular weight is 379 g/mol. The Morgan fingerprint density at radius 3 is 2.04 bits per heavy atom. The van der Waals surface area contributed by atoms with Gasteiger partial charge in [-0.3, -0.25) is 0 Å². The second-order valence-corrected chi connectivity index (χ2v) is 7.86. The van der Waals surface area contributed by atoms with Crippen molar-refractivity contribution in [2.24, 2.45) is 5.41 Å². The highest BCUT2D eigenvalue weighted by Gasteiger charge is 2.33. The number of carbonyl (C=O) groups is 1. The van der Waals surface area contributed by atoms with Gasteiger partial charge in [-0.2, -0.15) is 0 Å². The largest absolute Gasteiger partial charge is 0.494 e. The number of aromatic carboxylic acids is 1. The Hall–Kier alpha value is -1.59. The summed E-state index contributed by atoms with van der Waals surface area (Å²) >= 11 is 0. The van der Waals surface area contributed by atoms with Crippen LogP contribution in [0, 0.1) is 5.41 Å². The molecule has 0 bridgehead atoms. The van der Waals surface area contributed by atoms with Crippen LogP contribution in [0.15, 0.2) is 24.3 Å². The molecule has 27 heavy (non-hydrogen) atoms. The first-order chi connectivity index (χ1) is 13.1. The van der Waals surface area contributed by atoms with Crippen LogP contribution in [0.2, 0.25) is 0 Å². The van der Waals surface area contributed by atoms with Gasteiger partial charge in [-0.1, -0.05) is 45.4 Å². The SMILES string of the molecule is CC1(COCCCCCCCCCCOc2ccc(C(=O)O)cc2)COC1. The zero-order chi connectivity index (χ0) is 19.4. The monoisotopic (exact) mass is 378 g/mol. The van der Waals surface area contributed by atoms with Crippen LogP contribution in [0.25, 0.3) is 0 Å². The van der Waals surface area contributed by atoms with Crippen molar-refractivity contribution in [2.75, 3.05) is 33.0 Å². The number of rotatable bonds is 15. The first-order valence-electron chi connectivity index (χ1n) is 10.2. The van der Waals surface area contributed by atoms with Crippen LogP contribution < -0.4 is 4.74 Å². The van der Waals surface area contributed by atoms with Crippen LogP contribution in [0.3, 0.4) is 0 Å². The molecule has 1 aromatic rings. The minimum absolute atomic E-state index is 0.269. The van der Waals surface area contributed by atoms with Gasteiger partial charge in [0.2, 0.25) is 0 Å². The van der Waals surface area contributed by atoms with Gasteiger partial charge in [-0.15, -0.1) is 0 Å². The molecule has 0 amide bonds. The first kappa shape index (κ1) is 21.7. The van der Waals surface area contributed by atoms with Crippen molar-refractivity contribution in [1.29, 1.82) is 0 Å². The van der Waals surface area contributed by atoms with Crippen molar-refractivity contribution in [1.82, 2.24) is 0 Å². The van der Waals surface area contributed by atoms with Gasteiger partial charge in [0.1, 0.15) is 5.75 Å². The molecule has 1 fully saturated rings. The molecular weight excluding hydrogens is 344 g/mol. The number of benzene rings is 1. The van der Waals surface area contributed by atoms with E-state index in [4.69, 9.17) is 19.3 Å². The lowest BCUT2D eigenvalue weighted by molar-refractivity contribution is -0.137. The highest BCUT2D eigenvalue weighted by atomic mass is 16.5. The molecule has 0 aliphatic carbocycles. The fourth-order valence-corrected chi connectivity index (χ4v) is 3.10. The van der Waals surface area contributed by atoms with Gasteiger partial charge in [0.15, 0.2) is 0 Å². The van der Waals surface area contributed by atoms with Crippen LogP contribution in [-0.2, 0) is 9.47 Å². The van der Waals surface area contributed by atoms with E-state index in [1.165, 1.54) is 38.5 Å². The summed E-state index contributed by atoms with van der Waals surface area (Å²) < 4.78 is 16.6. The molecule has 1 heterocycles. The fourth-order valence-electron chi connectivity index (χ4n) is 3.10. The molecule has 0 aromatic heterocycles. The van der Waals surface area contributed by atoms with Crippen molar-refractivity contribution in [2.45, 2.75) is 58.3 Å². The Morgan fingerprint density at radius 2 is 1.52 bits per heavy atom. The number of carboxylic acids is 1. The number of carboxylic acid groups (broad SMARTS) is 1. The molecule has 0 saturated carbocycles. The maximum Gasteiger partial charge on any atom is 0.335 e. The summed E-state index contributed by atoms with van der Waals surface area (Å²) in [7, 11) is 0. The summed E-state index contributed by atoms with van der Waals surface area (Å²) in [6, 6.07) is 6.58. The Labute approximate surface area is 163 Å². The highest BCUT2D eigenvalue weighted by molar-refractivity contribution is 5.87. The standard InChI is InChI=1S/C22H34O5/c1-22(17-26-18-22)16-25-14-8-6-4-2-3-5-7-9-15-27-20-12-10-19(11-13-20)21(23)24/h10-13H,2-9,14-18H2,1H3,(H,23,24). The first-order valence-corrected chi connectivity index (χ1v) is 10.2. The van der Waals surface area contributed by atoms with Crippen LogP contribution >= 0.6 is 0 Å². The van der Waals surface area contributed by atoms with Crippen molar-refractivity contribution in [3.8, 4) is 5.75 Å². The van der Waals surface area contributed by atoms with Gasteiger partial charge in [0, 0.05) is 12.0 Å². The summed E-state index contributed by atoms with van der Waals surface area (Å²) in [4.78, 5) is 10.8. The molecule has 0 unspecified atom stereocenters. The molecule has 5 nitrogen and oxygen atoms in total. The van der Waals surface area contributed by atoms with E-state index in [0.29, 0.717) is 6.61 Å². The maximum atomic E-state index is 10.8. The second-order valence-electron chi connectivity index (χ2n) is 7.86. The van der Waals surface area contributed by atoms with Gasteiger partial charge >= 0.3 is 5.97 Å². The third-order valence-corrected chi connectivity index (χ3v) is 4.90. The lowest BCUT2D eigenvalue weighted by Crippen LogP contribution is -2.43. The van der Waals surface area contributed by atoms with Gasteiger partial charge in [0.05, 0.1) is 32.0 Å². The molecule has 0 spiro atoms. The van der Waals surface area contributed by atoms with Crippen molar-refractivity contribution in [3.05, 3.63) is 29.8 Å². The molecule has 5 heteroatoms. The zero-order valence-corrected chi connectivity index (χ0v) is 16.6. The predicted octanol–water partition coefficient (Wildman–Crippen LogP) is 4.94. The summed E-state index contributed by atoms with van der Waals surface area (Å²) in [6.07, 6.45) is 9.74. The molecule has 152 valence electrons. The summed E-state index contributed by atoms with van der Waals surface area (Å²) in [6.45, 7) is 6.30. The van der Waals surface area contributed by atoms with E-state index in [-0.39, 0.29) is 11.0 Å². The summed E-state index contributed by atoms with van der Waals surface area (Å²) in [5.74, 6) is -0.173. The van der Waals surface area contributed by atoms with E-state index in [1.807, 2.05) is 0 Å². The Kier molecular flexibility index (Phi) is 9.64. The smallest absolute Gasteiger partial charge is 0.335 e. The van der Waals surface area contributed by atoms with Crippen LogP contribution in [-0.4, -0.2) is 44.1 Å². The molecule has 2 rings (SSSR count). The second kappa shape index (κ2) is 12.0. The molecule has 1 aliphatic rings.